The predicted molar refractivity (Wildman–Crippen MR) is 130 cm³/mol. The summed E-state index contributed by atoms with van der Waals surface area (Å²) in [4.78, 5) is 13.9. The summed E-state index contributed by atoms with van der Waals surface area (Å²) in [5.41, 5.74) is 4.21. The molecular weight excluding hydrogens is 410 g/mol. The van der Waals surface area contributed by atoms with Crippen molar-refractivity contribution in [3.63, 3.8) is 0 Å². The number of amides is 1. The van der Waals surface area contributed by atoms with Crippen LogP contribution in [-0.2, 0) is 17.8 Å². The molecule has 3 aliphatic rings. The van der Waals surface area contributed by atoms with Gasteiger partial charge in [0.2, 0.25) is 5.91 Å². The summed E-state index contributed by atoms with van der Waals surface area (Å²) in [6.45, 7) is 5.64. The highest BCUT2D eigenvalue weighted by Gasteiger charge is 2.54. The van der Waals surface area contributed by atoms with E-state index in [1.54, 1.807) is 6.92 Å². The third-order valence-electron chi connectivity index (χ3n) is 8.94. The molecule has 5 unspecified atom stereocenters. The summed E-state index contributed by atoms with van der Waals surface area (Å²) in [6.07, 6.45) is 6.70. The monoisotopic (exact) mass is 447 g/mol. The fourth-order valence-electron chi connectivity index (χ4n) is 7.05. The van der Waals surface area contributed by atoms with E-state index in [-0.39, 0.29) is 17.4 Å². The zero-order chi connectivity index (χ0) is 23.0. The number of aliphatic hydroxyl groups excluding tert-OH is 1. The molecule has 0 spiro atoms. The Labute approximate surface area is 198 Å². The van der Waals surface area contributed by atoms with Gasteiger partial charge in [0.05, 0.1) is 12.6 Å². The van der Waals surface area contributed by atoms with Crippen LogP contribution in [0, 0.1) is 17.3 Å². The average molecular weight is 448 g/mol. The van der Waals surface area contributed by atoms with Crippen molar-refractivity contribution in [2.45, 2.75) is 70.9 Å². The molecule has 5 rings (SSSR count). The van der Waals surface area contributed by atoms with E-state index in [9.17, 15) is 9.90 Å². The lowest BCUT2D eigenvalue weighted by Gasteiger charge is -2.50. The lowest BCUT2D eigenvalue weighted by atomic mass is 9.55. The smallest absolute Gasteiger partial charge is 0.219 e. The van der Waals surface area contributed by atoms with E-state index in [4.69, 9.17) is 4.74 Å². The van der Waals surface area contributed by atoms with Crippen LogP contribution < -0.4 is 4.74 Å². The van der Waals surface area contributed by atoms with Crippen LogP contribution in [0.5, 0.6) is 5.75 Å². The zero-order valence-electron chi connectivity index (χ0n) is 20.0. The number of carbonyl (C=O) groups excluding carboxylic acids is 1. The van der Waals surface area contributed by atoms with Gasteiger partial charge >= 0.3 is 0 Å². The first-order valence-corrected chi connectivity index (χ1v) is 12.7. The van der Waals surface area contributed by atoms with Crippen LogP contribution in [0.1, 0.15) is 68.6 Å². The Bertz CT molecular complexity index is 990. The minimum absolute atomic E-state index is 0.0697. The molecule has 2 aromatic rings. The van der Waals surface area contributed by atoms with Crippen LogP contribution in [0.25, 0.3) is 0 Å². The van der Waals surface area contributed by atoms with Gasteiger partial charge in [-0.05, 0) is 90.5 Å². The van der Waals surface area contributed by atoms with Crippen molar-refractivity contribution in [2.75, 3.05) is 13.2 Å². The Kier molecular flexibility index (Phi) is 6.22. The molecule has 33 heavy (non-hydrogen) atoms. The van der Waals surface area contributed by atoms with Crippen molar-refractivity contribution in [1.29, 1.82) is 0 Å². The standard InChI is InChI=1S/C29H37NO3/c1-20(31)30(19-21-6-4-3-5-7-21)16-17-33-23-9-11-24-22(18-23)8-10-26-25(24)14-15-29(2)27(26)12-13-28(29)32/h3-7,9,11,18,25-28,32H,8,10,12-17,19H2,1-2H3. The number of carbonyl (C=O) groups is 1. The molecule has 176 valence electrons. The van der Waals surface area contributed by atoms with Crippen molar-refractivity contribution in [2.24, 2.45) is 17.3 Å². The van der Waals surface area contributed by atoms with Crippen LogP contribution in [0.3, 0.4) is 0 Å². The van der Waals surface area contributed by atoms with Crippen molar-refractivity contribution < 1.29 is 14.6 Å². The zero-order valence-corrected chi connectivity index (χ0v) is 20.0. The number of nitrogens with zero attached hydrogens (tertiary/aromatic N) is 1. The van der Waals surface area contributed by atoms with Gasteiger partial charge in [-0.3, -0.25) is 4.79 Å². The summed E-state index contributed by atoms with van der Waals surface area (Å²) >= 11 is 0. The normalized spacial score (nSPS) is 30.2. The van der Waals surface area contributed by atoms with Gasteiger partial charge in [-0.15, -0.1) is 0 Å². The molecule has 2 aromatic carbocycles. The summed E-state index contributed by atoms with van der Waals surface area (Å²) < 4.78 is 6.10. The van der Waals surface area contributed by atoms with Gasteiger partial charge < -0.3 is 14.7 Å². The maximum absolute atomic E-state index is 12.1. The Hall–Kier alpha value is -2.33. The number of fused-ring (bicyclic) bond motifs is 5. The van der Waals surface area contributed by atoms with Gasteiger partial charge in [0.15, 0.2) is 0 Å². The highest BCUT2D eigenvalue weighted by molar-refractivity contribution is 5.73. The van der Waals surface area contributed by atoms with E-state index in [0.29, 0.717) is 37.5 Å². The molecule has 2 saturated carbocycles. The SMILES string of the molecule is CC(=O)N(CCOc1ccc2c(c1)CCC1C2CCC2(C)C(O)CCC12)Cc1ccccc1. The van der Waals surface area contributed by atoms with Crippen LogP contribution in [0.2, 0.25) is 0 Å². The second-order valence-corrected chi connectivity index (χ2v) is 10.7. The van der Waals surface area contributed by atoms with E-state index in [1.165, 1.54) is 30.4 Å². The first-order chi connectivity index (χ1) is 16.0. The fraction of sp³-hybridized carbons (Fsp3) is 0.552. The molecule has 0 radical (unpaired) electrons. The molecule has 1 N–H and O–H groups in total. The molecule has 5 atom stereocenters. The predicted octanol–water partition coefficient (Wildman–Crippen LogP) is 5.33. The van der Waals surface area contributed by atoms with Crippen LogP contribution in [0.15, 0.2) is 48.5 Å². The number of aryl methyl sites for hydroxylation is 1. The second-order valence-electron chi connectivity index (χ2n) is 10.7. The first-order valence-electron chi connectivity index (χ1n) is 12.7. The van der Waals surface area contributed by atoms with E-state index in [2.05, 4.69) is 25.1 Å². The number of aliphatic hydroxyl groups is 1. The van der Waals surface area contributed by atoms with Gasteiger partial charge in [-0.2, -0.15) is 0 Å². The Morgan fingerprint density at radius 1 is 1.12 bits per heavy atom. The fourth-order valence-corrected chi connectivity index (χ4v) is 7.05. The average Bonchev–Trinajstić information content (AvgIpc) is 3.13. The molecule has 0 aliphatic heterocycles. The highest BCUT2D eigenvalue weighted by Crippen LogP contribution is 2.60. The van der Waals surface area contributed by atoms with E-state index in [1.807, 2.05) is 35.2 Å². The van der Waals surface area contributed by atoms with Gasteiger partial charge in [-0.1, -0.05) is 43.3 Å². The van der Waals surface area contributed by atoms with Gasteiger partial charge in [-0.25, -0.2) is 0 Å². The molecule has 1 amide bonds. The summed E-state index contributed by atoms with van der Waals surface area (Å²) in [6, 6.07) is 16.7. The van der Waals surface area contributed by atoms with Gasteiger partial charge in [0, 0.05) is 13.5 Å². The molecule has 4 nitrogen and oxygen atoms in total. The van der Waals surface area contributed by atoms with E-state index >= 15 is 0 Å². The summed E-state index contributed by atoms with van der Waals surface area (Å²) in [5, 5.41) is 10.6. The molecular formula is C29H37NO3. The van der Waals surface area contributed by atoms with Crippen LogP contribution in [0.4, 0.5) is 0 Å². The summed E-state index contributed by atoms with van der Waals surface area (Å²) in [5.74, 6) is 2.98. The highest BCUT2D eigenvalue weighted by atomic mass is 16.5. The first kappa shape index (κ1) is 22.5. The Morgan fingerprint density at radius 3 is 2.73 bits per heavy atom. The molecule has 0 aromatic heterocycles. The molecule has 0 bridgehead atoms. The molecule has 2 fully saturated rings. The number of hydrogen-bond donors (Lipinski definition) is 1. The topological polar surface area (TPSA) is 49.8 Å². The minimum atomic E-state index is -0.114. The van der Waals surface area contributed by atoms with Crippen molar-refractivity contribution >= 4 is 5.91 Å². The lowest BCUT2D eigenvalue weighted by Crippen LogP contribution is -2.43. The second kappa shape index (κ2) is 9.13. The van der Waals surface area contributed by atoms with Crippen molar-refractivity contribution in [3.05, 3.63) is 65.2 Å². The summed E-state index contributed by atoms with van der Waals surface area (Å²) in [7, 11) is 0. The largest absolute Gasteiger partial charge is 0.492 e. The molecule has 0 saturated heterocycles. The molecule has 0 heterocycles. The Morgan fingerprint density at radius 2 is 1.94 bits per heavy atom. The van der Waals surface area contributed by atoms with E-state index < -0.39 is 0 Å². The molecule has 3 aliphatic carbocycles. The quantitative estimate of drug-likeness (QED) is 0.651. The number of ether oxygens (including phenoxy) is 1. The van der Waals surface area contributed by atoms with Gasteiger partial charge in [0.25, 0.3) is 0 Å². The number of rotatable bonds is 6. The van der Waals surface area contributed by atoms with Crippen molar-refractivity contribution in [3.8, 4) is 5.75 Å². The number of hydrogen-bond acceptors (Lipinski definition) is 3. The maximum atomic E-state index is 12.1. The number of benzene rings is 2. The minimum Gasteiger partial charge on any atom is -0.492 e. The van der Waals surface area contributed by atoms with E-state index in [0.717, 1.165) is 30.6 Å². The van der Waals surface area contributed by atoms with Gasteiger partial charge in [0.1, 0.15) is 12.4 Å². The maximum Gasteiger partial charge on any atom is 0.219 e. The third-order valence-corrected chi connectivity index (χ3v) is 8.94. The Balaban J connectivity index is 1.22. The molecule has 4 heteroatoms. The van der Waals surface area contributed by atoms with Crippen molar-refractivity contribution in [1.82, 2.24) is 4.90 Å². The third kappa shape index (κ3) is 4.30. The van der Waals surface area contributed by atoms with Crippen LogP contribution >= 0.6 is 0 Å². The lowest BCUT2D eigenvalue weighted by molar-refractivity contribution is -0.129. The van der Waals surface area contributed by atoms with Crippen LogP contribution in [-0.4, -0.2) is 35.2 Å².